The first kappa shape index (κ1) is 13.3. The molecule has 1 aliphatic heterocycles. The topological polar surface area (TPSA) is 60.9 Å². The van der Waals surface area contributed by atoms with E-state index >= 15 is 0 Å². The predicted octanol–water partition coefficient (Wildman–Crippen LogP) is 0.936. The average molecular weight is 254 g/mol. The van der Waals surface area contributed by atoms with Gasteiger partial charge in [0.15, 0.2) is 0 Å². The van der Waals surface area contributed by atoms with Crippen LogP contribution < -0.4 is 0 Å². The third-order valence-electron chi connectivity index (χ3n) is 3.98. The molecule has 1 saturated carbocycles. The van der Waals surface area contributed by atoms with Crippen LogP contribution in [0.3, 0.4) is 0 Å². The van der Waals surface area contributed by atoms with Crippen molar-refractivity contribution in [1.82, 2.24) is 9.80 Å². The molecule has 2 aliphatic rings. The maximum atomic E-state index is 12.1. The van der Waals surface area contributed by atoms with E-state index in [9.17, 15) is 14.7 Å². The van der Waals surface area contributed by atoms with Gasteiger partial charge in [0.1, 0.15) is 6.04 Å². The number of carbonyl (C=O) groups is 2. The van der Waals surface area contributed by atoms with Crippen LogP contribution in [0.2, 0.25) is 0 Å². The molecule has 0 bridgehead atoms. The van der Waals surface area contributed by atoms with Crippen molar-refractivity contribution in [3.63, 3.8) is 0 Å². The van der Waals surface area contributed by atoms with Gasteiger partial charge in [-0.25, -0.2) is 0 Å². The van der Waals surface area contributed by atoms with Crippen LogP contribution in [0.25, 0.3) is 0 Å². The highest BCUT2D eigenvalue weighted by molar-refractivity contribution is 5.80. The molecule has 5 heteroatoms. The number of hydrogen-bond acceptors (Lipinski definition) is 3. The van der Waals surface area contributed by atoms with Crippen LogP contribution >= 0.6 is 0 Å². The summed E-state index contributed by atoms with van der Waals surface area (Å²) in [5.41, 5.74) is 0. The molecule has 2 fully saturated rings. The van der Waals surface area contributed by atoms with Crippen molar-refractivity contribution in [2.75, 3.05) is 20.1 Å². The molecule has 0 aromatic rings. The van der Waals surface area contributed by atoms with Gasteiger partial charge in [0, 0.05) is 13.1 Å². The zero-order valence-electron chi connectivity index (χ0n) is 11.0. The summed E-state index contributed by atoms with van der Waals surface area (Å²) in [6.07, 6.45) is 5.84. The molecule has 2 rings (SSSR count). The van der Waals surface area contributed by atoms with Gasteiger partial charge < -0.3 is 10.0 Å². The van der Waals surface area contributed by atoms with E-state index in [0.717, 1.165) is 38.6 Å². The fourth-order valence-electron chi connectivity index (χ4n) is 2.59. The molecule has 102 valence electrons. The number of amides is 1. The lowest BCUT2D eigenvalue weighted by Crippen LogP contribution is -2.47. The van der Waals surface area contributed by atoms with Gasteiger partial charge in [0.05, 0.1) is 6.54 Å². The summed E-state index contributed by atoms with van der Waals surface area (Å²) >= 11 is 0. The number of hydrogen-bond donors (Lipinski definition) is 1. The van der Waals surface area contributed by atoms with Gasteiger partial charge in [0.25, 0.3) is 0 Å². The van der Waals surface area contributed by atoms with Gasteiger partial charge in [0.2, 0.25) is 5.91 Å². The second-order valence-electron chi connectivity index (χ2n) is 5.41. The zero-order valence-corrected chi connectivity index (χ0v) is 11.0. The first-order valence-corrected chi connectivity index (χ1v) is 6.82. The summed E-state index contributed by atoms with van der Waals surface area (Å²) in [5.74, 6) is -0.732. The van der Waals surface area contributed by atoms with Crippen molar-refractivity contribution in [2.45, 2.75) is 50.6 Å². The maximum Gasteiger partial charge on any atom is 0.320 e. The van der Waals surface area contributed by atoms with E-state index in [1.807, 2.05) is 11.9 Å². The van der Waals surface area contributed by atoms with Crippen molar-refractivity contribution in [3.05, 3.63) is 0 Å². The largest absolute Gasteiger partial charge is 0.480 e. The number of carboxylic acids is 1. The fraction of sp³-hybridized carbons (Fsp3) is 0.846. The molecule has 1 saturated heterocycles. The Balaban J connectivity index is 1.94. The number of nitrogens with zero attached hydrogens (tertiary/aromatic N) is 2. The van der Waals surface area contributed by atoms with Gasteiger partial charge in [-0.15, -0.1) is 0 Å². The fourth-order valence-corrected chi connectivity index (χ4v) is 2.59. The SMILES string of the molecule is CN(C(=O)CN1CCCCCC1C(=O)O)C1CC1. The molecule has 0 aromatic carbocycles. The molecule has 1 unspecified atom stereocenters. The number of carbonyl (C=O) groups excluding carboxylic acids is 1. The minimum atomic E-state index is -0.793. The predicted molar refractivity (Wildman–Crippen MR) is 67.3 cm³/mol. The highest BCUT2D eigenvalue weighted by Gasteiger charge is 2.33. The number of likely N-dealkylation sites (N-methyl/N-ethyl adjacent to an activating group) is 1. The summed E-state index contributed by atoms with van der Waals surface area (Å²) in [4.78, 5) is 26.9. The minimum absolute atomic E-state index is 0.0608. The van der Waals surface area contributed by atoms with E-state index in [1.54, 1.807) is 4.90 Å². The van der Waals surface area contributed by atoms with Gasteiger partial charge in [-0.2, -0.15) is 0 Å². The normalized spacial score (nSPS) is 25.5. The lowest BCUT2D eigenvalue weighted by molar-refractivity contribution is -0.144. The molecule has 1 N–H and O–H groups in total. The van der Waals surface area contributed by atoms with Crippen molar-refractivity contribution in [2.24, 2.45) is 0 Å². The molecular formula is C13H22N2O3. The van der Waals surface area contributed by atoms with Gasteiger partial charge in [-0.3, -0.25) is 14.5 Å². The van der Waals surface area contributed by atoms with Crippen molar-refractivity contribution in [3.8, 4) is 0 Å². The summed E-state index contributed by atoms with van der Waals surface area (Å²) in [6, 6.07) is -0.0863. The smallest absolute Gasteiger partial charge is 0.320 e. The summed E-state index contributed by atoms with van der Waals surface area (Å²) in [6.45, 7) is 0.977. The van der Waals surface area contributed by atoms with Crippen LogP contribution in [0.1, 0.15) is 38.5 Å². The molecule has 1 aliphatic carbocycles. The van der Waals surface area contributed by atoms with Crippen molar-refractivity contribution < 1.29 is 14.7 Å². The van der Waals surface area contributed by atoms with Crippen molar-refractivity contribution >= 4 is 11.9 Å². The number of rotatable bonds is 4. The summed E-state index contributed by atoms with van der Waals surface area (Å²) in [5, 5.41) is 9.24. The van der Waals surface area contributed by atoms with Gasteiger partial charge in [-0.1, -0.05) is 12.8 Å². The molecular weight excluding hydrogens is 232 g/mol. The lowest BCUT2D eigenvalue weighted by Gasteiger charge is -2.28. The lowest BCUT2D eigenvalue weighted by atomic mass is 10.1. The zero-order chi connectivity index (χ0) is 13.1. The Hall–Kier alpha value is -1.10. The van der Waals surface area contributed by atoms with E-state index in [0.29, 0.717) is 12.5 Å². The van der Waals surface area contributed by atoms with Gasteiger partial charge >= 0.3 is 5.97 Å². The Morgan fingerprint density at radius 1 is 1.22 bits per heavy atom. The molecule has 0 spiro atoms. The van der Waals surface area contributed by atoms with Crippen LogP contribution in [-0.2, 0) is 9.59 Å². The van der Waals surface area contributed by atoms with Crippen LogP contribution in [0.15, 0.2) is 0 Å². The van der Waals surface area contributed by atoms with E-state index in [2.05, 4.69) is 0 Å². The third-order valence-corrected chi connectivity index (χ3v) is 3.98. The maximum absolute atomic E-state index is 12.1. The molecule has 0 radical (unpaired) electrons. The Morgan fingerprint density at radius 3 is 2.56 bits per heavy atom. The van der Waals surface area contributed by atoms with Crippen LogP contribution in [0.4, 0.5) is 0 Å². The molecule has 1 atom stereocenters. The van der Waals surface area contributed by atoms with E-state index < -0.39 is 12.0 Å². The minimum Gasteiger partial charge on any atom is -0.480 e. The second kappa shape index (κ2) is 5.69. The second-order valence-corrected chi connectivity index (χ2v) is 5.41. The molecule has 1 heterocycles. The standard InChI is InChI=1S/C13H22N2O3/c1-14(10-6-7-10)12(16)9-15-8-4-2-3-5-11(15)13(17)18/h10-11H,2-9H2,1H3,(H,17,18). The first-order valence-electron chi connectivity index (χ1n) is 6.82. The van der Waals surface area contributed by atoms with Gasteiger partial charge in [-0.05, 0) is 32.2 Å². The third kappa shape index (κ3) is 3.22. The molecule has 0 aromatic heterocycles. The van der Waals surface area contributed by atoms with Crippen LogP contribution in [0, 0.1) is 0 Å². The number of likely N-dealkylation sites (tertiary alicyclic amines) is 1. The summed E-state index contributed by atoms with van der Waals surface area (Å²) < 4.78 is 0. The van der Waals surface area contributed by atoms with Crippen molar-refractivity contribution in [1.29, 1.82) is 0 Å². The molecule has 1 amide bonds. The van der Waals surface area contributed by atoms with E-state index in [4.69, 9.17) is 0 Å². The van der Waals surface area contributed by atoms with Crippen LogP contribution in [-0.4, -0.2) is 59.0 Å². The van der Waals surface area contributed by atoms with E-state index in [1.165, 1.54) is 0 Å². The number of carboxylic acid groups (broad SMARTS) is 1. The monoisotopic (exact) mass is 254 g/mol. The highest BCUT2D eigenvalue weighted by Crippen LogP contribution is 2.26. The average Bonchev–Trinajstić information content (AvgIpc) is 3.15. The molecule has 18 heavy (non-hydrogen) atoms. The molecule has 5 nitrogen and oxygen atoms in total. The Bertz CT molecular complexity index is 328. The highest BCUT2D eigenvalue weighted by atomic mass is 16.4. The Labute approximate surface area is 108 Å². The van der Waals surface area contributed by atoms with E-state index in [-0.39, 0.29) is 12.5 Å². The Morgan fingerprint density at radius 2 is 1.94 bits per heavy atom. The Kier molecular flexibility index (Phi) is 4.22. The quantitative estimate of drug-likeness (QED) is 0.811. The van der Waals surface area contributed by atoms with Crippen LogP contribution in [0.5, 0.6) is 0 Å². The first-order chi connectivity index (χ1) is 8.59. The summed E-state index contributed by atoms with van der Waals surface area (Å²) in [7, 11) is 1.83. The number of aliphatic carboxylic acids is 1.